The van der Waals surface area contributed by atoms with Crippen molar-refractivity contribution in [1.82, 2.24) is 5.32 Å². The van der Waals surface area contributed by atoms with Gasteiger partial charge in [0.15, 0.2) is 5.78 Å². The minimum atomic E-state index is -0.786. The molecule has 0 saturated heterocycles. The van der Waals surface area contributed by atoms with Crippen LogP contribution in [-0.2, 0) is 14.3 Å². The van der Waals surface area contributed by atoms with Crippen LogP contribution in [-0.4, -0.2) is 38.4 Å². The van der Waals surface area contributed by atoms with Crippen LogP contribution in [0.4, 0.5) is 4.39 Å². The number of hydrogen-bond acceptors (Lipinski definition) is 7. The highest BCUT2D eigenvalue weighted by Crippen LogP contribution is 2.47. The summed E-state index contributed by atoms with van der Waals surface area (Å²) >= 11 is 0. The number of amidine groups is 1. The van der Waals surface area contributed by atoms with Gasteiger partial charge in [-0.3, -0.25) is 4.79 Å². The number of esters is 1. The fourth-order valence-corrected chi connectivity index (χ4v) is 6.04. The first-order chi connectivity index (χ1) is 19.7. The van der Waals surface area contributed by atoms with E-state index in [4.69, 9.17) is 19.2 Å². The highest BCUT2D eigenvalue weighted by atomic mass is 19.1. The van der Waals surface area contributed by atoms with Crippen molar-refractivity contribution in [2.75, 3.05) is 20.8 Å². The molecule has 3 unspecified atom stereocenters. The maximum Gasteiger partial charge on any atom is 0.336 e. The molecule has 41 heavy (non-hydrogen) atoms. The van der Waals surface area contributed by atoms with Crippen molar-refractivity contribution < 1.29 is 28.2 Å². The molecule has 1 aliphatic carbocycles. The number of ketones is 1. The zero-order chi connectivity index (χ0) is 29.4. The van der Waals surface area contributed by atoms with E-state index in [-0.39, 0.29) is 24.1 Å². The molecule has 0 saturated carbocycles. The molecule has 212 valence electrons. The second kappa shape index (κ2) is 11.2. The number of rotatable bonds is 7. The van der Waals surface area contributed by atoms with Gasteiger partial charge in [-0.15, -0.1) is 0 Å². The Morgan fingerprint density at radius 2 is 1.78 bits per heavy atom. The Balaban J connectivity index is 1.59. The molecule has 0 fully saturated rings. The van der Waals surface area contributed by atoms with Crippen molar-refractivity contribution in [3.05, 3.63) is 105 Å². The number of ether oxygens (including phenoxy) is 3. The zero-order valence-corrected chi connectivity index (χ0v) is 24.0. The number of carbonyl (C=O) groups is 2. The molecule has 0 bridgehead atoms. The van der Waals surface area contributed by atoms with E-state index in [0.29, 0.717) is 39.9 Å². The molecular weight excluding hydrogens is 523 g/mol. The molecule has 3 atom stereocenters. The molecule has 7 nitrogen and oxygen atoms in total. The Labute approximate surface area is 239 Å². The van der Waals surface area contributed by atoms with Crippen molar-refractivity contribution in [3.8, 4) is 11.5 Å². The van der Waals surface area contributed by atoms with Gasteiger partial charge < -0.3 is 19.5 Å². The molecule has 0 amide bonds. The first kappa shape index (κ1) is 28.1. The SMILES string of the molecule is CCOC(=O)C1=C(C)NC2=N/C(=C\C3=C(C)C(c4ccc(F)cc4)C(C)=C3)C(=O)C2C1c1cc(OC)ccc1OC. The average molecular weight is 557 g/mol. The van der Waals surface area contributed by atoms with Gasteiger partial charge in [0.1, 0.15) is 28.8 Å². The second-order valence-corrected chi connectivity index (χ2v) is 10.3. The van der Waals surface area contributed by atoms with E-state index < -0.39 is 17.8 Å². The molecule has 2 aromatic carbocycles. The van der Waals surface area contributed by atoms with Gasteiger partial charge in [-0.1, -0.05) is 29.4 Å². The number of hydrogen-bond donors (Lipinski definition) is 1. The Kier molecular flexibility index (Phi) is 7.67. The topological polar surface area (TPSA) is 86.2 Å². The lowest BCUT2D eigenvalue weighted by molar-refractivity contribution is -0.139. The number of allylic oxidation sites excluding steroid dienone is 7. The van der Waals surface area contributed by atoms with E-state index >= 15 is 0 Å². The molecule has 2 aliphatic heterocycles. The molecule has 2 heterocycles. The summed E-state index contributed by atoms with van der Waals surface area (Å²) in [7, 11) is 3.10. The van der Waals surface area contributed by atoms with Gasteiger partial charge >= 0.3 is 5.97 Å². The molecule has 3 aliphatic rings. The zero-order valence-electron chi connectivity index (χ0n) is 24.0. The van der Waals surface area contributed by atoms with Crippen LogP contribution >= 0.6 is 0 Å². The van der Waals surface area contributed by atoms with Crippen molar-refractivity contribution in [2.24, 2.45) is 10.9 Å². The first-order valence-electron chi connectivity index (χ1n) is 13.5. The summed E-state index contributed by atoms with van der Waals surface area (Å²) in [4.78, 5) is 32.1. The van der Waals surface area contributed by atoms with E-state index in [1.54, 1.807) is 64.5 Å². The van der Waals surface area contributed by atoms with E-state index in [1.807, 2.05) is 19.9 Å². The van der Waals surface area contributed by atoms with Crippen LogP contribution in [0.25, 0.3) is 0 Å². The van der Waals surface area contributed by atoms with Crippen molar-refractivity contribution in [3.63, 3.8) is 0 Å². The summed E-state index contributed by atoms with van der Waals surface area (Å²) in [5, 5.41) is 3.21. The first-order valence-corrected chi connectivity index (χ1v) is 13.5. The molecule has 8 heteroatoms. The van der Waals surface area contributed by atoms with Crippen molar-refractivity contribution in [1.29, 1.82) is 0 Å². The fraction of sp³-hybridized carbons (Fsp3) is 0.303. The molecule has 2 aromatic rings. The normalized spacial score (nSPS) is 22.9. The van der Waals surface area contributed by atoms with Gasteiger partial charge in [0.05, 0.1) is 32.3 Å². The van der Waals surface area contributed by atoms with Crippen LogP contribution in [0, 0.1) is 11.7 Å². The van der Waals surface area contributed by atoms with Gasteiger partial charge in [0.25, 0.3) is 0 Å². The summed E-state index contributed by atoms with van der Waals surface area (Å²) in [6.45, 7) is 7.75. The maximum absolute atomic E-state index is 14.1. The number of fused-ring (bicyclic) bond motifs is 1. The Bertz CT molecular complexity index is 1580. The number of carbonyl (C=O) groups excluding carboxylic acids is 2. The van der Waals surface area contributed by atoms with Crippen molar-refractivity contribution >= 4 is 17.6 Å². The van der Waals surface area contributed by atoms with Crippen LogP contribution in [0.5, 0.6) is 11.5 Å². The predicted octanol–water partition coefficient (Wildman–Crippen LogP) is 5.91. The molecular formula is C33H33FN2O5. The lowest BCUT2D eigenvalue weighted by Crippen LogP contribution is -2.42. The highest BCUT2D eigenvalue weighted by molar-refractivity contribution is 6.20. The van der Waals surface area contributed by atoms with E-state index in [1.165, 1.54) is 12.1 Å². The van der Waals surface area contributed by atoms with Crippen LogP contribution in [0.1, 0.15) is 50.7 Å². The number of nitrogens with one attached hydrogen (secondary N) is 1. The van der Waals surface area contributed by atoms with Crippen molar-refractivity contribution in [2.45, 2.75) is 39.5 Å². The third-order valence-corrected chi connectivity index (χ3v) is 7.92. The molecule has 0 spiro atoms. The number of methoxy groups -OCH3 is 2. The fourth-order valence-electron chi connectivity index (χ4n) is 6.04. The summed E-state index contributed by atoms with van der Waals surface area (Å²) < 4.78 is 30.1. The molecule has 0 aromatic heterocycles. The standard InChI is InChI=1S/C33H33FN2O5/c1-7-41-33(38)28-19(4)35-32-30(29(28)24-16-23(39-5)12-13-26(24)40-6)31(37)25(36-32)15-21-14-17(2)27(18(21)3)20-8-10-22(34)11-9-20/h8-16,27,29-30H,7H2,1-6H3,(H,35,36)/b25-15-. The monoisotopic (exact) mass is 556 g/mol. The summed E-state index contributed by atoms with van der Waals surface area (Å²) in [6, 6.07) is 11.8. The molecule has 0 radical (unpaired) electrons. The highest BCUT2D eigenvalue weighted by Gasteiger charge is 2.48. The Morgan fingerprint density at radius 3 is 2.44 bits per heavy atom. The Morgan fingerprint density at radius 1 is 1.05 bits per heavy atom. The maximum atomic E-state index is 14.1. The molecule has 5 rings (SSSR count). The summed E-state index contributed by atoms with van der Waals surface area (Å²) in [5.41, 5.74) is 5.84. The Hall–Kier alpha value is -4.46. The summed E-state index contributed by atoms with van der Waals surface area (Å²) in [5.74, 6) is -0.959. The predicted molar refractivity (Wildman–Crippen MR) is 154 cm³/mol. The lowest BCUT2D eigenvalue weighted by Gasteiger charge is -2.33. The van der Waals surface area contributed by atoms with E-state index in [9.17, 15) is 14.0 Å². The van der Waals surface area contributed by atoms with Gasteiger partial charge in [-0.25, -0.2) is 14.2 Å². The minimum absolute atomic E-state index is 0.0138. The third kappa shape index (κ3) is 4.99. The minimum Gasteiger partial charge on any atom is -0.497 e. The average Bonchev–Trinajstić information content (AvgIpc) is 3.41. The number of Topliss-reactive ketones (excluding diaryl/α,β-unsaturated/α-hetero) is 1. The van der Waals surface area contributed by atoms with Gasteiger partial charge in [0, 0.05) is 23.1 Å². The van der Waals surface area contributed by atoms with Gasteiger partial charge in [-0.2, -0.15) is 0 Å². The largest absolute Gasteiger partial charge is 0.497 e. The molecule has 1 N–H and O–H groups in total. The van der Waals surface area contributed by atoms with Gasteiger partial charge in [-0.05, 0) is 75.2 Å². The number of benzene rings is 2. The quantitative estimate of drug-likeness (QED) is 0.337. The summed E-state index contributed by atoms with van der Waals surface area (Å²) in [6.07, 6.45) is 3.84. The number of halogens is 1. The smallest absolute Gasteiger partial charge is 0.336 e. The van der Waals surface area contributed by atoms with Crippen LogP contribution in [0.2, 0.25) is 0 Å². The number of nitrogens with zero attached hydrogens (tertiary/aromatic N) is 1. The second-order valence-electron chi connectivity index (χ2n) is 10.3. The van der Waals surface area contributed by atoms with Crippen LogP contribution in [0.3, 0.4) is 0 Å². The van der Waals surface area contributed by atoms with Gasteiger partial charge in [0.2, 0.25) is 0 Å². The third-order valence-electron chi connectivity index (χ3n) is 7.92. The van der Waals surface area contributed by atoms with Crippen LogP contribution in [0.15, 0.2) is 93.3 Å². The number of aliphatic imine (C=N–C) groups is 1. The van der Waals surface area contributed by atoms with E-state index in [0.717, 1.165) is 22.3 Å². The van der Waals surface area contributed by atoms with E-state index in [2.05, 4.69) is 5.32 Å². The lowest BCUT2D eigenvalue weighted by atomic mass is 9.74. The van der Waals surface area contributed by atoms with Crippen LogP contribution < -0.4 is 14.8 Å².